The minimum Gasteiger partial charge on any atom is -0.493 e. The second kappa shape index (κ2) is 4.57. The molecule has 5 heteroatoms. The number of hydrogen-bond donors (Lipinski definition) is 0. The summed E-state index contributed by atoms with van der Waals surface area (Å²) in [6, 6.07) is 3.89. The van der Waals surface area contributed by atoms with E-state index in [1.165, 1.54) is 0 Å². The Bertz CT molecular complexity index is 551. The molecule has 2 aromatic heterocycles. The predicted octanol–water partition coefficient (Wildman–Crippen LogP) is 1.55. The summed E-state index contributed by atoms with van der Waals surface area (Å²) in [6.07, 6.45) is 3.17. The summed E-state index contributed by atoms with van der Waals surface area (Å²) in [5, 5.41) is 8.62. The van der Waals surface area contributed by atoms with E-state index in [0.717, 1.165) is 43.3 Å². The van der Waals surface area contributed by atoms with Crippen molar-refractivity contribution in [2.24, 2.45) is 0 Å². The van der Waals surface area contributed by atoms with Gasteiger partial charge < -0.3 is 9.64 Å². The Morgan fingerprint density at radius 3 is 3.06 bits per heavy atom. The Morgan fingerprint density at radius 2 is 2.33 bits per heavy atom. The minimum absolute atomic E-state index is 0.479. The summed E-state index contributed by atoms with van der Waals surface area (Å²) < 4.78 is 7.37. The molecule has 3 rings (SSSR count). The van der Waals surface area contributed by atoms with E-state index in [1.807, 2.05) is 18.3 Å². The number of hydrogen-bond acceptors (Lipinski definition) is 4. The zero-order valence-corrected chi connectivity index (χ0v) is 10.8. The van der Waals surface area contributed by atoms with Crippen molar-refractivity contribution in [3.8, 4) is 5.75 Å². The van der Waals surface area contributed by atoms with E-state index in [9.17, 15) is 0 Å². The lowest BCUT2D eigenvalue weighted by Crippen LogP contribution is -2.19. The van der Waals surface area contributed by atoms with Gasteiger partial charge in [0.05, 0.1) is 7.11 Å². The molecule has 1 fully saturated rings. The van der Waals surface area contributed by atoms with Crippen LogP contribution in [0.3, 0.4) is 0 Å². The highest BCUT2D eigenvalue weighted by Crippen LogP contribution is 2.27. The SMILES string of the molecule is CCN1CCC(c2nnc3c(OC)cccn23)C1. The molecule has 1 aliphatic heterocycles. The first-order valence-corrected chi connectivity index (χ1v) is 6.43. The van der Waals surface area contributed by atoms with Crippen molar-refractivity contribution in [3.05, 3.63) is 24.2 Å². The highest BCUT2D eigenvalue weighted by molar-refractivity contribution is 5.53. The molecular formula is C13H18N4O. The van der Waals surface area contributed by atoms with Gasteiger partial charge in [-0.25, -0.2) is 0 Å². The van der Waals surface area contributed by atoms with Crippen molar-refractivity contribution < 1.29 is 4.74 Å². The van der Waals surface area contributed by atoms with Crippen LogP contribution in [0.5, 0.6) is 5.75 Å². The zero-order chi connectivity index (χ0) is 12.5. The molecule has 0 amide bonds. The Balaban J connectivity index is 1.98. The lowest BCUT2D eigenvalue weighted by molar-refractivity contribution is 0.352. The van der Waals surface area contributed by atoms with Gasteiger partial charge >= 0.3 is 0 Å². The molecular weight excluding hydrogens is 228 g/mol. The van der Waals surface area contributed by atoms with E-state index < -0.39 is 0 Å². The van der Waals surface area contributed by atoms with Gasteiger partial charge in [-0.05, 0) is 31.6 Å². The summed E-state index contributed by atoms with van der Waals surface area (Å²) >= 11 is 0. The minimum atomic E-state index is 0.479. The molecule has 96 valence electrons. The molecule has 5 nitrogen and oxygen atoms in total. The van der Waals surface area contributed by atoms with Crippen molar-refractivity contribution in [3.63, 3.8) is 0 Å². The van der Waals surface area contributed by atoms with E-state index in [4.69, 9.17) is 4.74 Å². The average Bonchev–Trinajstić information content (AvgIpc) is 3.03. The molecule has 0 aromatic carbocycles. The van der Waals surface area contributed by atoms with Crippen LogP contribution in [0.1, 0.15) is 25.1 Å². The van der Waals surface area contributed by atoms with Gasteiger partial charge in [0.2, 0.25) is 5.65 Å². The Labute approximate surface area is 106 Å². The van der Waals surface area contributed by atoms with Gasteiger partial charge in [0.15, 0.2) is 5.75 Å². The first-order valence-electron chi connectivity index (χ1n) is 6.43. The van der Waals surface area contributed by atoms with Crippen LogP contribution >= 0.6 is 0 Å². The predicted molar refractivity (Wildman–Crippen MR) is 69.0 cm³/mol. The first kappa shape index (κ1) is 11.5. The monoisotopic (exact) mass is 246 g/mol. The third kappa shape index (κ3) is 1.75. The zero-order valence-electron chi connectivity index (χ0n) is 10.8. The largest absolute Gasteiger partial charge is 0.493 e. The quantitative estimate of drug-likeness (QED) is 0.824. The van der Waals surface area contributed by atoms with Crippen LogP contribution in [0.2, 0.25) is 0 Å². The molecule has 3 heterocycles. The van der Waals surface area contributed by atoms with Gasteiger partial charge in [-0.2, -0.15) is 0 Å². The van der Waals surface area contributed by atoms with Crippen LogP contribution in [0.25, 0.3) is 5.65 Å². The summed E-state index contributed by atoms with van der Waals surface area (Å²) in [5.41, 5.74) is 0.810. The number of likely N-dealkylation sites (tertiary alicyclic amines) is 1. The second-order valence-corrected chi connectivity index (χ2v) is 4.71. The van der Waals surface area contributed by atoms with Gasteiger partial charge in [0, 0.05) is 18.7 Å². The maximum absolute atomic E-state index is 5.31. The van der Waals surface area contributed by atoms with Crippen LogP contribution in [0.4, 0.5) is 0 Å². The van der Waals surface area contributed by atoms with E-state index in [2.05, 4.69) is 26.4 Å². The Hall–Kier alpha value is -1.62. The molecule has 0 radical (unpaired) electrons. The first-order chi connectivity index (χ1) is 8.83. The van der Waals surface area contributed by atoms with Crippen molar-refractivity contribution in [1.29, 1.82) is 0 Å². The number of methoxy groups -OCH3 is 1. The maximum atomic E-state index is 5.31. The molecule has 0 saturated carbocycles. The fraction of sp³-hybridized carbons (Fsp3) is 0.538. The lowest BCUT2D eigenvalue weighted by atomic mass is 10.1. The molecule has 2 aromatic rings. The van der Waals surface area contributed by atoms with E-state index in [-0.39, 0.29) is 0 Å². The van der Waals surface area contributed by atoms with E-state index >= 15 is 0 Å². The molecule has 0 aliphatic carbocycles. The molecule has 18 heavy (non-hydrogen) atoms. The third-order valence-electron chi connectivity index (χ3n) is 3.73. The Kier molecular flexibility index (Phi) is 2.91. The van der Waals surface area contributed by atoms with Crippen molar-refractivity contribution in [2.45, 2.75) is 19.3 Å². The highest BCUT2D eigenvalue weighted by Gasteiger charge is 2.27. The fourth-order valence-corrected chi connectivity index (χ4v) is 2.68. The van der Waals surface area contributed by atoms with Crippen LogP contribution in [-0.4, -0.2) is 46.2 Å². The van der Waals surface area contributed by atoms with Gasteiger partial charge in [-0.1, -0.05) is 6.92 Å². The summed E-state index contributed by atoms with van der Waals surface area (Å²) in [6.45, 7) is 5.54. The molecule has 1 aliphatic rings. The van der Waals surface area contributed by atoms with Crippen molar-refractivity contribution in [1.82, 2.24) is 19.5 Å². The van der Waals surface area contributed by atoms with Crippen LogP contribution in [0, 0.1) is 0 Å². The normalized spacial score (nSPS) is 20.7. The molecule has 1 saturated heterocycles. The number of pyridine rings is 1. The highest BCUT2D eigenvalue weighted by atomic mass is 16.5. The number of fused-ring (bicyclic) bond motifs is 1. The van der Waals surface area contributed by atoms with Gasteiger partial charge in [-0.15, -0.1) is 10.2 Å². The van der Waals surface area contributed by atoms with Crippen molar-refractivity contribution >= 4 is 5.65 Å². The molecule has 1 atom stereocenters. The number of nitrogens with zero attached hydrogens (tertiary/aromatic N) is 4. The van der Waals surface area contributed by atoms with Crippen molar-refractivity contribution in [2.75, 3.05) is 26.7 Å². The van der Waals surface area contributed by atoms with Crippen LogP contribution < -0.4 is 4.74 Å². The fourth-order valence-electron chi connectivity index (χ4n) is 2.68. The number of ether oxygens (including phenoxy) is 1. The molecule has 1 unspecified atom stereocenters. The smallest absolute Gasteiger partial charge is 0.203 e. The van der Waals surface area contributed by atoms with Crippen LogP contribution in [-0.2, 0) is 0 Å². The Morgan fingerprint density at radius 1 is 1.44 bits per heavy atom. The van der Waals surface area contributed by atoms with E-state index in [1.54, 1.807) is 7.11 Å². The second-order valence-electron chi connectivity index (χ2n) is 4.71. The number of rotatable bonds is 3. The molecule has 0 bridgehead atoms. The maximum Gasteiger partial charge on any atom is 0.203 e. The number of likely N-dealkylation sites (N-methyl/N-ethyl adjacent to an activating group) is 1. The topological polar surface area (TPSA) is 42.7 Å². The lowest BCUT2D eigenvalue weighted by Gasteiger charge is -2.12. The average molecular weight is 246 g/mol. The van der Waals surface area contributed by atoms with Gasteiger partial charge in [0.1, 0.15) is 5.82 Å². The van der Waals surface area contributed by atoms with Crippen LogP contribution in [0.15, 0.2) is 18.3 Å². The molecule has 0 N–H and O–H groups in total. The summed E-state index contributed by atoms with van der Waals surface area (Å²) in [5.74, 6) is 2.31. The van der Waals surface area contributed by atoms with Gasteiger partial charge in [-0.3, -0.25) is 4.40 Å². The standard InChI is InChI=1S/C13H18N4O/c1-3-16-8-6-10(9-16)12-14-15-13-11(18-2)5-4-7-17(12)13/h4-5,7,10H,3,6,8-9H2,1-2H3. The molecule has 0 spiro atoms. The summed E-state index contributed by atoms with van der Waals surface area (Å²) in [4.78, 5) is 2.45. The number of aromatic nitrogens is 3. The third-order valence-corrected chi connectivity index (χ3v) is 3.73. The summed E-state index contributed by atoms with van der Waals surface area (Å²) in [7, 11) is 1.66. The van der Waals surface area contributed by atoms with E-state index in [0.29, 0.717) is 5.92 Å². The van der Waals surface area contributed by atoms with Gasteiger partial charge in [0.25, 0.3) is 0 Å².